The number of ether oxygens (including phenoxy) is 1. The Balaban J connectivity index is 1.74. The van der Waals surface area contributed by atoms with E-state index in [4.69, 9.17) is 4.74 Å². The summed E-state index contributed by atoms with van der Waals surface area (Å²) in [6, 6.07) is 16.9. The lowest BCUT2D eigenvalue weighted by Crippen LogP contribution is -2.31. The normalized spacial score (nSPS) is 11.9. The lowest BCUT2D eigenvalue weighted by Gasteiger charge is -2.18. The first-order chi connectivity index (χ1) is 12.2. The Morgan fingerprint density at radius 1 is 1.08 bits per heavy atom. The van der Waals surface area contributed by atoms with Crippen molar-refractivity contribution in [2.24, 2.45) is 0 Å². The summed E-state index contributed by atoms with van der Waals surface area (Å²) in [5.74, 6) is -0.497. The van der Waals surface area contributed by atoms with Gasteiger partial charge in [-0.1, -0.05) is 48.5 Å². The first-order valence-electron chi connectivity index (χ1n) is 8.13. The largest absolute Gasteiger partial charge is 0.469 e. The third-order valence-electron chi connectivity index (χ3n) is 4.16. The zero-order valence-electron chi connectivity index (χ0n) is 14.0. The van der Waals surface area contributed by atoms with E-state index in [0.717, 1.165) is 22.0 Å². The third-order valence-corrected chi connectivity index (χ3v) is 4.16. The van der Waals surface area contributed by atoms with Crippen molar-refractivity contribution in [3.63, 3.8) is 0 Å². The van der Waals surface area contributed by atoms with Crippen molar-refractivity contribution in [2.45, 2.75) is 18.9 Å². The summed E-state index contributed by atoms with van der Waals surface area (Å²) in [5.41, 5.74) is 2.80. The number of benzene rings is 2. The molecule has 0 saturated heterocycles. The van der Waals surface area contributed by atoms with Gasteiger partial charge in [0.2, 0.25) is 5.91 Å². The molecule has 0 bridgehead atoms. The summed E-state index contributed by atoms with van der Waals surface area (Å²) in [6.07, 6.45) is 2.19. The van der Waals surface area contributed by atoms with Gasteiger partial charge in [-0.25, -0.2) is 0 Å². The molecule has 0 aliphatic rings. The second-order valence-electron chi connectivity index (χ2n) is 5.85. The minimum atomic E-state index is -0.411. The summed E-state index contributed by atoms with van der Waals surface area (Å²) >= 11 is 0. The molecule has 1 heterocycles. The number of hydrogen-bond acceptors (Lipinski definition) is 3. The predicted molar refractivity (Wildman–Crippen MR) is 96.0 cm³/mol. The van der Waals surface area contributed by atoms with Crippen molar-refractivity contribution < 1.29 is 14.3 Å². The molecule has 0 spiro atoms. The van der Waals surface area contributed by atoms with E-state index in [-0.39, 0.29) is 24.7 Å². The molecule has 0 aliphatic heterocycles. The van der Waals surface area contributed by atoms with Crippen LogP contribution in [0.3, 0.4) is 0 Å². The van der Waals surface area contributed by atoms with Crippen molar-refractivity contribution in [3.8, 4) is 0 Å². The first-order valence-corrected chi connectivity index (χ1v) is 8.13. The zero-order valence-corrected chi connectivity index (χ0v) is 14.0. The molecule has 1 aromatic heterocycles. The number of H-pyrrole nitrogens is 1. The van der Waals surface area contributed by atoms with E-state index >= 15 is 0 Å². The fourth-order valence-electron chi connectivity index (χ4n) is 2.88. The molecule has 25 heavy (non-hydrogen) atoms. The van der Waals surface area contributed by atoms with Gasteiger partial charge in [-0.15, -0.1) is 0 Å². The molecule has 0 saturated carbocycles. The molecule has 5 heteroatoms. The molecular weight excluding hydrogens is 316 g/mol. The zero-order chi connectivity index (χ0) is 17.6. The van der Waals surface area contributed by atoms with Gasteiger partial charge in [0, 0.05) is 17.1 Å². The fraction of sp³-hybridized carbons (Fsp3) is 0.200. The van der Waals surface area contributed by atoms with E-state index in [9.17, 15) is 9.59 Å². The Morgan fingerprint density at radius 2 is 1.80 bits per heavy atom. The van der Waals surface area contributed by atoms with E-state index in [0.29, 0.717) is 0 Å². The van der Waals surface area contributed by atoms with Crippen molar-refractivity contribution >= 4 is 22.8 Å². The number of esters is 1. The molecule has 0 radical (unpaired) electrons. The second kappa shape index (κ2) is 7.66. The maximum absolute atomic E-state index is 12.5. The van der Waals surface area contributed by atoms with Gasteiger partial charge in [-0.3, -0.25) is 9.59 Å². The second-order valence-corrected chi connectivity index (χ2v) is 5.85. The van der Waals surface area contributed by atoms with Crippen molar-refractivity contribution in [1.29, 1.82) is 0 Å². The molecule has 0 aliphatic carbocycles. The molecule has 5 nitrogen and oxygen atoms in total. The van der Waals surface area contributed by atoms with Gasteiger partial charge >= 0.3 is 5.97 Å². The number of rotatable bonds is 6. The molecule has 2 N–H and O–H groups in total. The number of nitrogens with one attached hydrogen (secondary N) is 2. The quantitative estimate of drug-likeness (QED) is 0.679. The van der Waals surface area contributed by atoms with E-state index in [1.54, 1.807) is 0 Å². The van der Waals surface area contributed by atoms with Crippen LogP contribution >= 0.6 is 0 Å². The maximum Gasteiger partial charge on any atom is 0.307 e. The summed E-state index contributed by atoms with van der Waals surface area (Å²) in [6.45, 7) is 0. The molecule has 3 aromatic rings. The van der Waals surface area contributed by atoms with E-state index in [1.807, 2.05) is 60.8 Å². The highest BCUT2D eigenvalue weighted by Crippen LogP contribution is 2.20. The van der Waals surface area contributed by atoms with Crippen LogP contribution in [0, 0.1) is 0 Å². The lowest BCUT2D eigenvalue weighted by molar-refractivity contribution is -0.141. The van der Waals surface area contributed by atoms with Crippen LogP contribution in [0.5, 0.6) is 0 Å². The van der Waals surface area contributed by atoms with Crippen LogP contribution in [0.25, 0.3) is 10.9 Å². The van der Waals surface area contributed by atoms with Crippen molar-refractivity contribution in [1.82, 2.24) is 10.3 Å². The monoisotopic (exact) mass is 336 g/mol. The van der Waals surface area contributed by atoms with Gasteiger partial charge < -0.3 is 15.0 Å². The van der Waals surface area contributed by atoms with Gasteiger partial charge in [-0.05, 0) is 17.2 Å². The summed E-state index contributed by atoms with van der Waals surface area (Å²) in [5, 5.41) is 3.98. The van der Waals surface area contributed by atoms with Crippen molar-refractivity contribution in [2.75, 3.05) is 7.11 Å². The number of fused-ring (bicyclic) bond motifs is 1. The molecule has 1 atom stereocenters. The Labute approximate surface area is 146 Å². The van der Waals surface area contributed by atoms with Crippen LogP contribution in [-0.4, -0.2) is 24.0 Å². The molecule has 128 valence electrons. The first kappa shape index (κ1) is 16.8. The van der Waals surface area contributed by atoms with Crippen LogP contribution < -0.4 is 5.32 Å². The topological polar surface area (TPSA) is 71.2 Å². The van der Waals surface area contributed by atoms with Gasteiger partial charge in [0.25, 0.3) is 0 Å². The third kappa shape index (κ3) is 4.07. The number of carbonyl (C=O) groups excluding carboxylic acids is 2. The number of aromatic nitrogens is 1. The predicted octanol–water partition coefficient (Wildman–Crippen LogP) is 3.13. The van der Waals surface area contributed by atoms with Crippen LogP contribution in [0.1, 0.15) is 23.6 Å². The maximum atomic E-state index is 12.5. The number of methoxy groups -OCH3 is 1. The van der Waals surface area contributed by atoms with Gasteiger partial charge in [0.1, 0.15) is 0 Å². The van der Waals surface area contributed by atoms with Crippen LogP contribution in [-0.2, 0) is 20.7 Å². The number of aromatic amines is 1. The fourth-order valence-corrected chi connectivity index (χ4v) is 2.88. The summed E-state index contributed by atoms with van der Waals surface area (Å²) in [4.78, 5) is 27.4. The molecule has 3 rings (SSSR count). The average molecular weight is 336 g/mol. The molecular formula is C20H20N2O3. The minimum Gasteiger partial charge on any atom is -0.469 e. The van der Waals surface area contributed by atoms with Gasteiger partial charge in [0.15, 0.2) is 0 Å². The Kier molecular flexibility index (Phi) is 5.14. The van der Waals surface area contributed by atoms with Crippen LogP contribution in [0.2, 0.25) is 0 Å². The standard InChI is InChI=1S/C20H20N2O3/c1-25-20(24)12-18(14-7-3-2-4-8-14)22-19(23)11-15-13-21-17-10-6-5-9-16(15)17/h2-10,13,18,21H,11-12H2,1H3,(H,22,23)/t18-/m0/s1. The van der Waals surface area contributed by atoms with Crippen LogP contribution in [0.4, 0.5) is 0 Å². The summed E-state index contributed by atoms with van der Waals surface area (Å²) < 4.78 is 4.75. The highest BCUT2D eigenvalue weighted by molar-refractivity contribution is 5.89. The lowest BCUT2D eigenvalue weighted by atomic mass is 10.0. The number of amides is 1. The van der Waals surface area contributed by atoms with Gasteiger partial charge in [0.05, 0.1) is 26.0 Å². The van der Waals surface area contributed by atoms with E-state index in [2.05, 4.69) is 10.3 Å². The Hall–Kier alpha value is -3.08. The highest BCUT2D eigenvalue weighted by Gasteiger charge is 2.19. The van der Waals surface area contributed by atoms with Crippen LogP contribution in [0.15, 0.2) is 60.8 Å². The highest BCUT2D eigenvalue weighted by atomic mass is 16.5. The molecule has 0 fully saturated rings. The number of carbonyl (C=O) groups is 2. The molecule has 0 unspecified atom stereocenters. The average Bonchev–Trinajstić information content (AvgIpc) is 3.04. The van der Waals surface area contributed by atoms with E-state index in [1.165, 1.54) is 7.11 Å². The summed E-state index contributed by atoms with van der Waals surface area (Å²) in [7, 11) is 1.35. The van der Waals surface area contributed by atoms with Crippen molar-refractivity contribution in [3.05, 3.63) is 71.9 Å². The smallest absolute Gasteiger partial charge is 0.307 e. The number of hydrogen-bond donors (Lipinski definition) is 2. The van der Waals surface area contributed by atoms with E-state index < -0.39 is 6.04 Å². The minimum absolute atomic E-state index is 0.0974. The number of para-hydroxylation sites is 1. The molecule has 1 amide bonds. The Bertz CT molecular complexity index is 871. The Morgan fingerprint density at radius 3 is 2.56 bits per heavy atom. The van der Waals surface area contributed by atoms with Gasteiger partial charge in [-0.2, -0.15) is 0 Å². The SMILES string of the molecule is COC(=O)C[C@H](NC(=O)Cc1c[nH]c2ccccc12)c1ccccc1. The molecule has 2 aromatic carbocycles.